The molecule has 10 atom stereocenters. The number of unbranched alkanes of at least 4 members (excludes halogenated alkanes) is 12. The number of hydrogen-bond donors (Lipinski definition) is 5. The maximum Gasteiger partial charge on any atom is 0.306 e. The Morgan fingerprint density at radius 1 is 0.614 bits per heavy atom. The van der Waals surface area contributed by atoms with Gasteiger partial charge in [0.1, 0.15) is 43.2 Å². The molecule has 12 nitrogen and oxygen atoms in total. The molecule has 0 aromatic carbocycles. The molecule has 2 aliphatic heterocycles. The Hall–Kier alpha value is -1.38. The van der Waals surface area contributed by atoms with E-state index in [1.54, 1.807) is 6.92 Å². The Bertz CT molecular complexity index is 797. The van der Waals surface area contributed by atoms with Crippen LogP contribution in [0.5, 0.6) is 0 Å². The molecule has 2 rings (SSSR count). The van der Waals surface area contributed by atoms with Crippen molar-refractivity contribution >= 4 is 11.9 Å². The van der Waals surface area contributed by atoms with Crippen LogP contribution in [0.15, 0.2) is 0 Å². The van der Waals surface area contributed by atoms with E-state index in [-0.39, 0.29) is 19.4 Å². The van der Waals surface area contributed by atoms with E-state index in [9.17, 15) is 35.1 Å². The van der Waals surface area contributed by atoms with Crippen molar-refractivity contribution in [2.24, 2.45) is 0 Å². The van der Waals surface area contributed by atoms with Gasteiger partial charge in [-0.15, -0.1) is 0 Å². The summed E-state index contributed by atoms with van der Waals surface area (Å²) in [5, 5.41) is 52.7. The van der Waals surface area contributed by atoms with E-state index in [0.29, 0.717) is 12.8 Å². The molecule has 2 fully saturated rings. The van der Waals surface area contributed by atoms with E-state index in [2.05, 4.69) is 6.92 Å². The highest BCUT2D eigenvalue weighted by molar-refractivity contribution is 5.69. The Labute approximate surface area is 262 Å². The molecule has 2 aliphatic rings. The highest BCUT2D eigenvalue weighted by Crippen LogP contribution is 2.30. The summed E-state index contributed by atoms with van der Waals surface area (Å²) in [6, 6.07) is 0. The molecule has 2 heterocycles. The minimum atomic E-state index is -1.76. The highest BCUT2D eigenvalue weighted by atomic mass is 16.7. The molecule has 0 aromatic rings. The first-order chi connectivity index (χ1) is 21.1. The van der Waals surface area contributed by atoms with Crippen LogP contribution in [0, 0.1) is 0 Å². The Balaban J connectivity index is 1.64. The molecule has 5 N–H and O–H groups in total. The first-order valence-corrected chi connectivity index (χ1v) is 16.8. The molecule has 12 heteroatoms. The second-order valence-electron chi connectivity index (χ2n) is 12.2. The maximum absolute atomic E-state index is 12.2. The quantitative estimate of drug-likeness (QED) is 0.0921. The van der Waals surface area contributed by atoms with Crippen molar-refractivity contribution in [2.45, 2.75) is 185 Å². The topological polar surface area (TPSA) is 181 Å². The van der Waals surface area contributed by atoms with Gasteiger partial charge in [-0.2, -0.15) is 0 Å². The summed E-state index contributed by atoms with van der Waals surface area (Å²) in [5.41, 5.74) is 0. The number of ether oxygens (including phenoxy) is 5. The van der Waals surface area contributed by atoms with Gasteiger partial charge in [-0.05, 0) is 19.8 Å². The van der Waals surface area contributed by atoms with Crippen molar-refractivity contribution in [3.8, 4) is 0 Å². The summed E-state index contributed by atoms with van der Waals surface area (Å²) in [4.78, 5) is 24.1. The van der Waals surface area contributed by atoms with Crippen molar-refractivity contribution in [2.75, 3.05) is 6.61 Å². The number of aliphatic hydroxyl groups excluding tert-OH is 5. The van der Waals surface area contributed by atoms with Crippen LogP contribution in [0.2, 0.25) is 0 Å². The second-order valence-corrected chi connectivity index (χ2v) is 12.2. The number of rotatable bonds is 21. The molecule has 258 valence electrons. The molecular formula is C32H58O12. The molecule has 0 spiro atoms. The third kappa shape index (κ3) is 13.2. The van der Waals surface area contributed by atoms with Crippen LogP contribution in [0.25, 0.3) is 0 Å². The van der Waals surface area contributed by atoms with E-state index in [1.165, 1.54) is 64.7 Å². The fourth-order valence-corrected chi connectivity index (χ4v) is 5.59. The molecule has 2 saturated heterocycles. The lowest BCUT2D eigenvalue weighted by Gasteiger charge is -2.45. The summed E-state index contributed by atoms with van der Waals surface area (Å²) in [5.74, 6) is -1.01. The van der Waals surface area contributed by atoms with E-state index in [0.717, 1.165) is 19.3 Å². The van der Waals surface area contributed by atoms with Gasteiger partial charge in [0.15, 0.2) is 18.7 Å². The zero-order valence-corrected chi connectivity index (χ0v) is 26.9. The van der Waals surface area contributed by atoms with Crippen molar-refractivity contribution in [3.63, 3.8) is 0 Å². The second kappa shape index (κ2) is 21.4. The van der Waals surface area contributed by atoms with Gasteiger partial charge >= 0.3 is 11.9 Å². The molecule has 4 unspecified atom stereocenters. The predicted molar refractivity (Wildman–Crippen MR) is 160 cm³/mol. The number of carbonyl (C=O) groups is 2. The first-order valence-electron chi connectivity index (χ1n) is 16.8. The SMILES string of the molecule is CCCCCCCCCCCCCCCC(=O)OCC1O[C@@H](O)C(O[C@@H]2OC(C)[C@H](OC(=O)CCC)[C@H](O)C2O)[C@@H](O)[C@@H]1O. The number of aliphatic hydroxyl groups is 5. The van der Waals surface area contributed by atoms with Crippen LogP contribution in [0.4, 0.5) is 0 Å². The van der Waals surface area contributed by atoms with E-state index >= 15 is 0 Å². The van der Waals surface area contributed by atoms with E-state index in [1.807, 2.05) is 0 Å². The van der Waals surface area contributed by atoms with Crippen molar-refractivity contribution in [1.82, 2.24) is 0 Å². The van der Waals surface area contributed by atoms with Crippen molar-refractivity contribution < 1.29 is 58.8 Å². The van der Waals surface area contributed by atoms with Gasteiger partial charge in [-0.3, -0.25) is 9.59 Å². The lowest BCUT2D eigenvalue weighted by atomic mass is 9.97. The molecule has 44 heavy (non-hydrogen) atoms. The van der Waals surface area contributed by atoms with Gasteiger partial charge in [0.05, 0.1) is 6.10 Å². The van der Waals surface area contributed by atoms with Gasteiger partial charge in [-0.25, -0.2) is 0 Å². The van der Waals surface area contributed by atoms with Crippen LogP contribution < -0.4 is 0 Å². The minimum absolute atomic E-state index is 0.136. The fraction of sp³-hybridized carbons (Fsp3) is 0.938. The van der Waals surface area contributed by atoms with Gasteiger partial charge in [0, 0.05) is 12.8 Å². The van der Waals surface area contributed by atoms with Crippen LogP contribution in [-0.4, -0.2) is 105 Å². The standard InChI is InChI=1S/C32H58O12/c1-4-6-7-8-9-10-11-12-13-14-15-16-17-19-23(33)40-20-22-25(35)26(36)30(31(39)42-22)44-32-28(38)27(37)29(21(3)41-32)43-24(34)18-5-2/h21-22,25-32,35-39H,4-20H2,1-3H3/t21?,22?,25-,26+,27-,28?,29+,30?,31-,32+/m1/s1. The minimum Gasteiger partial charge on any atom is -0.463 e. The Morgan fingerprint density at radius 2 is 1.16 bits per heavy atom. The summed E-state index contributed by atoms with van der Waals surface area (Å²) in [6.45, 7) is 5.17. The lowest BCUT2D eigenvalue weighted by Crippen LogP contribution is -2.64. The summed E-state index contributed by atoms with van der Waals surface area (Å²) < 4.78 is 26.9. The smallest absolute Gasteiger partial charge is 0.306 e. The molecule has 0 saturated carbocycles. The van der Waals surface area contributed by atoms with Gasteiger partial charge in [0.2, 0.25) is 0 Å². The number of carbonyl (C=O) groups excluding carboxylic acids is 2. The van der Waals surface area contributed by atoms with Crippen LogP contribution in [0.1, 0.15) is 124 Å². The van der Waals surface area contributed by atoms with Crippen molar-refractivity contribution in [3.05, 3.63) is 0 Å². The molecule has 0 aliphatic carbocycles. The van der Waals surface area contributed by atoms with Gasteiger partial charge < -0.3 is 49.2 Å². The third-order valence-corrected chi connectivity index (χ3v) is 8.35. The zero-order chi connectivity index (χ0) is 32.5. The molecule has 0 radical (unpaired) electrons. The average molecular weight is 635 g/mol. The summed E-state index contributed by atoms with van der Waals surface area (Å²) >= 11 is 0. The fourth-order valence-electron chi connectivity index (χ4n) is 5.59. The normalized spacial score (nSPS) is 32.4. The molecule has 0 amide bonds. The molecule has 0 aromatic heterocycles. The monoisotopic (exact) mass is 634 g/mol. The Kier molecular flexibility index (Phi) is 18.9. The van der Waals surface area contributed by atoms with Crippen molar-refractivity contribution in [1.29, 1.82) is 0 Å². The number of esters is 2. The van der Waals surface area contributed by atoms with Crippen LogP contribution in [-0.2, 0) is 33.3 Å². The highest BCUT2D eigenvalue weighted by Gasteiger charge is 2.51. The average Bonchev–Trinajstić information content (AvgIpc) is 2.99. The first kappa shape index (κ1) is 38.8. The van der Waals surface area contributed by atoms with Gasteiger partial charge in [0.25, 0.3) is 0 Å². The maximum atomic E-state index is 12.2. The zero-order valence-electron chi connectivity index (χ0n) is 26.9. The van der Waals surface area contributed by atoms with E-state index in [4.69, 9.17) is 23.7 Å². The summed E-state index contributed by atoms with van der Waals surface area (Å²) in [7, 11) is 0. The van der Waals surface area contributed by atoms with E-state index < -0.39 is 73.4 Å². The number of hydrogen-bond acceptors (Lipinski definition) is 12. The van der Waals surface area contributed by atoms with Crippen LogP contribution in [0.3, 0.4) is 0 Å². The lowest BCUT2D eigenvalue weighted by molar-refractivity contribution is -0.359. The predicted octanol–water partition coefficient (Wildman–Crippen LogP) is 3.01. The molecular weight excluding hydrogens is 576 g/mol. The Morgan fingerprint density at radius 3 is 1.73 bits per heavy atom. The largest absolute Gasteiger partial charge is 0.463 e. The molecule has 0 bridgehead atoms. The third-order valence-electron chi connectivity index (χ3n) is 8.35. The van der Waals surface area contributed by atoms with Crippen LogP contribution >= 0.6 is 0 Å². The van der Waals surface area contributed by atoms with Gasteiger partial charge in [-0.1, -0.05) is 90.9 Å². The summed E-state index contributed by atoms with van der Waals surface area (Å²) in [6.07, 6.45) is 1.87.